The minimum absolute atomic E-state index is 0. The van der Waals surface area contributed by atoms with Gasteiger partial charge < -0.3 is 16.4 Å². The van der Waals surface area contributed by atoms with E-state index >= 15 is 0 Å². The second-order valence-corrected chi connectivity index (χ2v) is 8.65. The molecule has 32 heavy (non-hydrogen) atoms. The molecule has 2 amide bonds. The van der Waals surface area contributed by atoms with E-state index in [1.165, 1.54) is 23.6 Å². The maximum absolute atomic E-state index is 12.8. The van der Waals surface area contributed by atoms with Crippen molar-refractivity contribution in [2.24, 2.45) is 11.7 Å². The van der Waals surface area contributed by atoms with Crippen molar-refractivity contribution >= 4 is 47.4 Å². The number of nitrogens with two attached hydrogens (primary N) is 1. The molecule has 0 radical (unpaired) electrons. The molecule has 1 aliphatic carbocycles. The van der Waals surface area contributed by atoms with Crippen molar-refractivity contribution in [1.29, 1.82) is 0 Å². The maximum Gasteiger partial charge on any atom is 0.233 e. The Labute approximate surface area is 202 Å². The highest BCUT2D eigenvalue weighted by Gasteiger charge is 2.37. The Hall–Kier alpha value is -1.86. The first-order chi connectivity index (χ1) is 14.6. The quantitative estimate of drug-likeness (QED) is 0.514. The summed E-state index contributed by atoms with van der Waals surface area (Å²) in [6.45, 7) is 2.22. The normalized spacial score (nSPS) is 20.3. The summed E-state index contributed by atoms with van der Waals surface area (Å²) in [6, 6.07) is 15.0. The monoisotopic (exact) mass is 480 g/mol. The van der Waals surface area contributed by atoms with E-state index < -0.39 is 0 Å². The van der Waals surface area contributed by atoms with Gasteiger partial charge in [0, 0.05) is 38.1 Å². The number of fused-ring (bicyclic) bond motifs is 1. The zero-order chi connectivity index (χ0) is 20.9. The Morgan fingerprint density at radius 1 is 0.906 bits per heavy atom. The average Bonchev–Trinajstić information content (AvgIpc) is 3.52. The third-order valence-corrected chi connectivity index (χ3v) is 6.43. The number of nitrogens with zero attached hydrogens (tertiary/aromatic N) is 1. The molecule has 1 heterocycles. The van der Waals surface area contributed by atoms with Crippen LogP contribution in [0.3, 0.4) is 0 Å². The molecular weight excluding hydrogens is 447 g/mol. The number of carbonyl (C=O) groups is 2. The predicted octanol–water partition coefficient (Wildman–Crippen LogP) is 3.01. The van der Waals surface area contributed by atoms with Crippen molar-refractivity contribution in [1.82, 2.24) is 15.5 Å². The first kappa shape index (κ1) is 26.4. The van der Waals surface area contributed by atoms with Gasteiger partial charge in [-0.1, -0.05) is 42.5 Å². The number of rotatable bonds is 9. The molecule has 8 heteroatoms. The standard InChI is InChI=1S/C24H32N4O2.2ClH/c25-13-24(30)27-15-21-11-10-20(28(21)16-17-8-9-17)12-23(29)26-14-19-6-3-5-18-4-1-2-7-22(18)19;;/h1-7,17,20-21H,8-16,25H2,(H,26,29)(H,27,30);2*1H/t20-,21+;;/m1../s1. The fraction of sp³-hybridized carbons (Fsp3) is 0.500. The van der Waals surface area contributed by atoms with Crippen LogP contribution in [0.5, 0.6) is 0 Å². The van der Waals surface area contributed by atoms with Crippen LogP contribution in [0.1, 0.15) is 37.7 Å². The van der Waals surface area contributed by atoms with Crippen molar-refractivity contribution in [3.05, 3.63) is 48.0 Å². The molecule has 6 nitrogen and oxygen atoms in total. The van der Waals surface area contributed by atoms with Gasteiger partial charge in [0.2, 0.25) is 11.8 Å². The van der Waals surface area contributed by atoms with E-state index in [-0.39, 0.29) is 49.2 Å². The van der Waals surface area contributed by atoms with E-state index in [1.54, 1.807) is 0 Å². The largest absolute Gasteiger partial charge is 0.353 e. The van der Waals surface area contributed by atoms with Crippen LogP contribution in [0.15, 0.2) is 42.5 Å². The van der Waals surface area contributed by atoms with Crippen LogP contribution >= 0.6 is 24.8 Å². The van der Waals surface area contributed by atoms with Gasteiger partial charge in [-0.25, -0.2) is 0 Å². The summed E-state index contributed by atoms with van der Waals surface area (Å²) in [5.74, 6) is 0.732. The molecule has 2 aromatic carbocycles. The van der Waals surface area contributed by atoms with Crippen LogP contribution in [-0.4, -0.2) is 48.4 Å². The van der Waals surface area contributed by atoms with Gasteiger partial charge in [-0.15, -0.1) is 24.8 Å². The molecule has 2 fully saturated rings. The van der Waals surface area contributed by atoms with Gasteiger partial charge in [0.25, 0.3) is 0 Å². The highest BCUT2D eigenvalue weighted by molar-refractivity contribution is 5.86. The second kappa shape index (κ2) is 12.4. The summed E-state index contributed by atoms with van der Waals surface area (Å²) >= 11 is 0. The zero-order valence-electron chi connectivity index (χ0n) is 18.3. The molecule has 1 aliphatic heterocycles. The molecule has 1 saturated heterocycles. The predicted molar refractivity (Wildman–Crippen MR) is 133 cm³/mol. The molecule has 2 aromatic rings. The van der Waals surface area contributed by atoms with Gasteiger partial charge in [-0.3, -0.25) is 14.5 Å². The van der Waals surface area contributed by atoms with Crippen LogP contribution in [0, 0.1) is 5.92 Å². The summed E-state index contributed by atoms with van der Waals surface area (Å²) in [6.07, 6.45) is 5.08. The number of benzene rings is 2. The van der Waals surface area contributed by atoms with Crippen LogP contribution in [0.2, 0.25) is 0 Å². The van der Waals surface area contributed by atoms with Gasteiger partial charge in [-0.05, 0) is 47.9 Å². The summed E-state index contributed by atoms with van der Waals surface area (Å²) < 4.78 is 0. The van der Waals surface area contributed by atoms with Gasteiger partial charge in [-0.2, -0.15) is 0 Å². The van der Waals surface area contributed by atoms with E-state index in [2.05, 4.69) is 39.8 Å². The third kappa shape index (κ3) is 6.82. The fourth-order valence-electron chi connectivity index (χ4n) is 4.58. The highest BCUT2D eigenvalue weighted by atomic mass is 35.5. The van der Waals surface area contributed by atoms with Crippen molar-refractivity contribution in [2.45, 2.75) is 50.7 Å². The lowest BCUT2D eigenvalue weighted by Crippen LogP contribution is -2.46. The number of amides is 2. The van der Waals surface area contributed by atoms with Crippen molar-refractivity contribution < 1.29 is 9.59 Å². The van der Waals surface area contributed by atoms with E-state index in [4.69, 9.17) is 5.73 Å². The molecule has 4 rings (SSSR count). The number of hydrogen-bond donors (Lipinski definition) is 3. The number of carbonyl (C=O) groups excluding carboxylic acids is 2. The second-order valence-electron chi connectivity index (χ2n) is 8.65. The van der Waals surface area contributed by atoms with Gasteiger partial charge in [0.1, 0.15) is 0 Å². The minimum atomic E-state index is -0.113. The Kier molecular flexibility index (Phi) is 10.2. The summed E-state index contributed by atoms with van der Waals surface area (Å²) in [5.41, 5.74) is 6.56. The smallest absolute Gasteiger partial charge is 0.233 e. The molecule has 2 atom stereocenters. The molecule has 0 spiro atoms. The first-order valence-corrected chi connectivity index (χ1v) is 11.1. The van der Waals surface area contributed by atoms with Crippen LogP contribution in [-0.2, 0) is 16.1 Å². The Balaban J connectivity index is 0.00000181. The molecule has 176 valence electrons. The number of nitrogens with one attached hydrogen (secondary N) is 2. The summed E-state index contributed by atoms with van der Waals surface area (Å²) in [5, 5.41) is 8.44. The SMILES string of the molecule is Cl.Cl.NCC(=O)NC[C@@H]1CC[C@H](CC(=O)NCc2cccc3ccccc23)N1CC1CC1. The topological polar surface area (TPSA) is 87.5 Å². The molecule has 0 unspecified atom stereocenters. The van der Waals surface area contributed by atoms with E-state index in [0.29, 0.717) is 25.6 Å². The van der Waals surface area contributed by atoms with Gasteiger partial charge in [0.05, 0.1) is 6.54 Å². The summed E-state index contributed by atoms with van der Waals surface area (Å²) in [7, 11) is 0. The molecule has 4 N–H and O–H groups in total. The van der Waals surface area contributed by atoms with Gasteiger partial charge >= 0.3 is 0 Å². The van der Waals surface area contributed by atoms with Crippen LogP contribution in [0.4, 0.5) is 0 Å². The molecule has 1 saturated carbocycles. The maximum atomic E-state index is 12.8. The van der Waals surface area contributed by atoms with Crippen molar-refractivity contribution in [2.75, 3.05) is 19.6 Å². The average molecular weight is 481 g/mol. The minimum Gasteiger partial charge on any atom is -0.353 e. The first-order valence-electron chi connectivity index (χ1n) is 11.1. The van der Waals surface area contributed by atoms with Gasteiger partial charge in [0.15, 0.2) is 0 Å². The zero-order valence-corrected chi connectivity index (χ0v) is 19.9. The highest BCUT2D eigenvalue weighted by Crippen LogP contribution is 2.35. The summed E-state index contributed by atoms with van der Waals surface area (Å²) in [4.78, 5) is 26.8. The lowest BCUT2D eigenvalue weighted by atomic mass is 10.0. The number of hydrogen-bond acceptors (Lipinski definition) is 4. The molecule has 0 aromatic heterocycles. The number of halogens is 2. The van der Waals surface area contributed by atoms with E-state index in [1.807, 2.05) is 18.2 Å². The fourth-order valence-corrected chi connectivity index (χ4v) is 4.58. The van der Waals surface area contributed by atoms with Crippen LogP contribution in [0.25, 0.3) is 10.8 Å². The van der Waals surface area contributed by atoms with Crippen molar-refractivity contribution in [3.63, 3.8) is 0 Å². The van der Waals surface area contributed by atoms with Crippen molar-refractivity contribution in [3.8, 4) is 0 Å². The van der Waals surface area contributed by atoms with Crippen LogP contribution < -0.4 is 16.4 Å². The Bertz CT molecular complexity index is 901. The number of likely N-dealkylation sites (tertiary alicyclic amines) is 1. The lowest BCUT2D eigenvalue weighted by molar-refractivity contribution is -0.123. The molecule has 0 bridgehead atoms. The van der Waals surface area contributed by atoms with E-state index in [0.717, 1.165) is 30.9 Å². The lowest BCUT2D eigenvalue weighted by Gasteiger charge is -2.30. The molecule has 2 aliphatic rings. The third-order valence-electron chi connectivity index (χ3n) is 6.43. The Morgan fingerprint density at radius 2 is 1.62 bits per heavy atom. The van der Waals surface area contributed by atoms with E-state index in [9.17, 15) is 9.59 Å². The molecular formula is C24H34Cl2N4O2. The Morgan fingerprint density at radius 3 is 2.38 bits per heavy atom.